The number of nitrogens with zero attached hydrogens (tertiary/aromatic N) is 1. The van der Waals surface area contributed by atoms with Gasteiger partial charge >= 0.3 is 0 Å². The van der Waals surface area contributed by atoms with Crippen LogP contribution in [0.5, 0.6) is 0 Å². The summed E-state index contributed by atoms with van der Waals surface area (Å²) in [6.45, 7) is 4.19. The Labute approximate surface area is 113 Å². The second-order valence-electron chi connectivity index (χ2n) is 4.65. The standard InChI is InChI=1S/C16H18N2O/c1-3-4-13-9-12(2)10-15(11-13)18-16(19)14-5-7-17-8-6-14/h5-11H,3-4H2,1-2H3,(H,18,19). The van der Waals surface area contributed by atoms with Gasteiger partial charge in [-0.2, -0.15) is 0 Å². The maximum atomic E-state index is 12.1. The molecule has 0 fully saturated rings. The van der Waals surface area contributed by atoms with Crippen LogP contribution >= 0.6 is 0 Å². The van der Waals surface area contributed by atoms with Crippen molar-refractivity contribution in [1.29, 1.82) is 0 Å². The van der Waals surface area contributed by atoms with Crippen LogP contribution in [0.1, 0.15) is 34.8 Å². The Hall–Kier alpha value is -2.16. The van der Waals surface area contributed by atoms with E-state index in [4.69, 9.17) is 0 Å². The number of aryl methyl sites for hydroxylation is 2. The first-order chi connectivity index (χ1) is 9.19. The number of carbonyl (C=O) groups is 1. The summed E-state index contributed by atoms with van der Waals surface area (Å²) in [5.74, 6) is -0.101. The maximum absolute atomic E-state index is 12.1. The van der Waals surface area contributed by atoms with Crippen molar-refractivity contribution in [3.05, 3.63) is 59.4 Å². The van der Waals surface area contributed by atoms with Crippen molar-refractivity contribution in [3.8, 4) is 0 Å². The first-order valence-corrected chi connectivity index (χ1v) is 6.51. The lowest BCUT2D eigenvalue weighted by Gasteiger charge is -2.09. The summed E-state index contributed by atoms with van der Waals surface area (Å²) in [5.41, 5.74) is 3.89. The number of nitrogens with one attached hydrogen (secondary N) is 1. The van der Waals surface area contributed by atoms with Gasteiger partial charge in [0.15, 0.2) is 0 Å². The predicted octanol–water partition coefficient (Wildman–Crippen LogP) is 3.59. The average Bonchev–Trinajstić information content (AvgIpc) is 2.39. The highest BCUT2D eigenvalue weighted by atomic mass is 16.1. The zero-order valence-corrected chi connectivity index (χ0v) is 11.3. The number of hydrogen-bond acceptors (Lipinski definition) is 2. The smallest absolute Gasteiger partial charge is 0.255 e. The predicted molar refractivity (Wildman–Crippen MR) is 77.4 cm³/mol. The van der Waals surface area contributed by atoms with Gasteiger partial charge in [-0.3, -0.25) is 9.78 Å². The van der Waals surface area contributed by atoms with Gasteiger partial charge in [0, 0.05) is 23.6 Å². The van der Waals surface area contributed by atoms with Crippen LogP contribution in [-0.4, -0.2) is 10.9 Å². The van der Waals surface area contributed by atoms with E-state index in [9.17, 15) is 4.79 Å². The highest BCUT2D eigenvalue weighted by Gasteiger charge is 2.06. The van der Waals surface area contributed by atoms with Gasteiger partial charge in [0.1, 0.15) is 0 Å². The van der Waals surface area contributed by atoms with Crippen LogP contribution in [0.2, 0.25) is 0 Å². The SMILES string of the molecule is CCCc1cc(C)cc(NC(=O)c2ccncc2)c1. The van der Waals surface area contributed by atoms with Crippen LogP contribution < -0.4 is 5.32 Å². The minimum Gasteiger partial charge on any atom is -0.322 e. The molecule has 0 bridgehead atoms. The quantitative estimate of drug-likeness (QED) is 0.905. The van der Waals surface area contributed by atoms with Crippen LogP contribution in [0.25, 0.3) is 0 Å². The molecule has 3 nitrogen and oxygen atoms in total. The van der Waals surface area contributed by atoms with E-state index in [1.54, 1.807) is 24.5 Å². The molecule has 0 radical (unpaired) electrons. The highest BCUT2D eigenvalue weighted by molar-refractivity contribution is 6.04. The first kappa shape index (κ1) is 13.3. The van der Waals surface area contributed by atoms with Crippen LogP contribution in [0.3, 0.4) is 0 Å². The molecule has 0 aliphatic carbocycles. The summed E-state index contributed by atoms with van der Waals surface area (Å²) in [5, 5.41) is 2.93. The van der Waals surface area contributed by atoms with E-state index in [0.717, 1.165) is 24.1 Å². The lowest BCUT2D eigenvalue weighted by Crippen LogP contribution is -2.12. The number of pyridine rings is 1. The first-order valence-electron chi connectivity index (χ1n) is 6.51. The van der Waals surface area contributed by atoms with E-state index in [1.165, 1.54) is 5.56 Å². The minimum absolute atomic E-state index is 0.101. The molecule has 0 aliphatic rings. The van der Waals surface area contributed by atoms with E-state index in [0.29, 0.717) is 5.56 Å². The van der Waals surface area contributed by atoms with E-state index < -0.39 is 0 Å². The number of benzene rings is 1. The number of amides is 1. The largest absolute Gasteiger partial charge is 0.322 e. The van der Waals surface area contributed by atoms with Gasteiger partial charge < -0.3 is 5.32 Å². The molecule has 0 saturated heterocycles. The normalized spacial score (nSPS) is 10.2. The highest BCUT2D eigenvalue weighted by Crippen LogP contribution is 2.16. The van der Waals surface area contributed by atoms with Gasteiger partial charge in [-0.1, -0.05) is 19.4 Å². The number of rotatable bonds is 4. The van der Waals surface area contributed by atoms with Crippen molar-refractivity contribution in [2.45, 2.75) is 26.7 Å². The van der Waals surface area contributed by atoms with Gasteiger partial charge in [-0.05, 0) is 48.7 Å². The molecule has 1 N–H and O–H groups in total. The Balaban J connectivity index is 2.17. The zero-order valence-electron chi connectivity index (χ0n) is 11.3. The molecule has 2 aromatic rings. The molecule has 0 saturated carbocycles. The number of anilines is 1. The molecule has 0 aliphatic heterocycles. The molecule has 98 valence electrons. The summed E-state index contributed by atoms with van der Waals surface area (Å²) in [4.78, 5) is 16.0. The zero-order chi connectivity index (χ0) is 13.7. The summed E-state index contributed by atoms with van der Waals surface area (Å²) >= 11 is 0. The lowest BCUT2D eigenvalue weighted by atomic mass is 10.1. The Morgan fingerprint density at radius 3 is 2.63 bits per heavy atom. The molecule has 0 unspecified atom stereocenters. The summed E-state index contributed by atoms with van der Waals surface area (Å²) < 4.78 is 0. The van der Waals surface area contributed by atoms with Gasteiger partial charge in [0.2, 0.25) is 0 Å². The molecule has 1 heterocycles. The maximum Gasteiger partial charge on any atom is 0.255 e. The van der Waals surface area contributed by atoms with E-state index in [2.05, 4.69) is 23.3 Å². The third kappa shape index (κ3) is 3.65. The molecule has 3 heteroatoms. The summed E-state index contributed by atoms with van der Waals surface area (Å²) in [6, 6.07) is 9.59. The molecule has 0 spiro atoms. The van der Waals surface area contributed by atoms with Crippen LogP contribution in [0.4, 0.5) is 5.69 Å². The van der Waals surface area contributed by atoms with Crippen molar-refractivity contribution in [3.63, 3.8) is 0 Å². The van der Waals surface area contributed by atoms with Crippen LogP contribution in [-0.2, 0) is 6.42 Å². The molecule has 1 aromatic carbocycles. The third-order valence-corrected chi connectivity index (χ3v) is 2.88. The van der Waals surface area contributed by atoms with Gasteiger partial charge in [-0.25, -0.2) is 0 Å². The average molecular weight is 254 g/mol. The van der Waals surface area contributed by atoms with E-state index in [1.807, 2.05) is 19.1 Å². The fourth-order valence-electron chi connectivity index (χ4n) is 2.07. The van der Waals surface area contributed by atoms with Crippen molar-refractivity contribution in [2.24, 2.45) is 0 Å². The lowest BCUT2D eigenvalue weighted by molar-refractivity contribution is 0.102. The van der Waals surface area contributed by atoms with Crippen molar-refractivity contribution >= 4 is 11.6 Å². The van der Waals surface area contributed by atoms with E-state index in [-0.39, 0.29) is 5.91 Å². The van der Waals surface area contributed by atoms with Crippen LogP contribution in [0.15, 0.2) is 42.7 Å². The van der Waals surface area contributed by atoms with Gasteiger partial charge in [-0.15, -0.1) is 0 Å². The second kappa shape index (κ2) is 6.14. The summed E-state index contributed by atoms with van der Waals surface area (Å²) in [6.07, 6.45) is 5.36. The molecular formula is C16H18N2O. The third-order valence-electron chi connectivity index (χ3n) is 2.88. The molecular weight excluding hydrogens is 236 g/mol. The fourth-order valence-corrected chi connectivity index (χ4v) is 2.07. The van der Waals surface area contributed by atoms with Gasteiger partial charge in [0.05, 0.1) is 0 Å². The van der Waals surface area contributed by atoms with E-state index >= 15 is 0 Å². The molecule has 0 atom stereocenters. The van der Waals surface area contributed by atoms with Crippen LogP contribution in [0, 0.1) is 6.92 Å². The minimum atomic E-state index is -0.101. The topological polar surface area (TPSA) is 42.0 Å². The van der Waals surface area contributed by atoms with Gasteiger partial charge in [0.25, 0.3) is 5.91 Å². The molecule has 2 rings (SSSR count). The molecule has 1 amide bonds. The monoisotopic (exact) mass is 254 g/mol. The number of hydrogen-bond donors (Lipinski definition) is 1. The van der Waals surface area contributed by atoms with Crippen molar-refractivity contribution in [1.82, 2.24) is 4.98 Å². The number of aromatic nitrogens is 1. The Morgan fingerprint density at radius 1 is 1.21 bits per heavy atom. The Morgan fingerprint density at radius 2 is 1.95 bits per heavy atom. The number of carbonyl (C=O) groups excluding carboxylic acids is 1. The fraction of sp³-hybridized carbons (Fsp3) is 0.250. The van der Waals surface area contributed by atoms with Crippen molar-refractivity contribution in [2.75, 3.05) is 5.32 Å². The summed E-state index contributed by atoms with van der Waals surface area (Å²) in [7, 11) is 0. The van der Waals surface area contributed by atoms with Crippen molar-refractivity contribution < 1.29 is 4.79 Å². The molecule has 1 aromatic heterocycles. The molecule has 19 heavy (non-hydrogen) atoms. The Kier molecular flexibility index (Phi) is 4.29. The Bertz CT molecular complexity index is 564. The second-order valence-corrected chi connectivity index (χ2v) is 4.65.